The van der Waals surface area contributed by atoms with Crippen LogP contribution in [-0.2, 0) is 10.3 Å². The van der Waals surface area contributed by atoms with Gasteiger partial charge in [-0.2, -0.15) is 0 Å². The zero-order valence-corrected chi connectivity index (χ0v) is 11.8. The quantitative estimate of drug-likeness (QED) is 0.710. The molecule has 1 aliphatic rings. The third-order valence-corrected chi connectivity index (χ3v) is 3.59. The number of amides is 3. The summed E-state index contributed by atoms with van der Waals surface area (Å²) in [4.78, 5) is 23.5. The van der Waals surface area contributed by atoms with Gasteiger partial charge in [-0.05, 0) is 29.2 Å². The van der Waals surface area contributed by atoms with E-state index < -0.39 is 17.5 Å². The summed E-state index contributed by atoms with van der Waals surface area (Å²) in [5, 5.41) is 4.86. The van der Waals surface area contributed by atoms with Crippen molar-refractivity contribution in [3.05, 3.63) is 29.3 Å². The first-order valence-corrected chi connectivity index (χ1v) is 6.46. The first kappa shape index (κ1) is 14.3. The van der Waals surface area contributed by atoms with Gasteiger partial charge in [0.05, 0.1) is 7.11 Å². The van der Waals surface area contributed by atoms with Crippen LogP contribution in [0, 0.1) is 0 Å². The fraction of sp³-hybridized carbons (Fsp3) is 0.429. The van der Waals surface area contributed by atoms with Crippen molar-refractivity contribution in [2.24, 2.45) is 5.73 Å². The highest BCUT2D eigenvalue weighted by Crippen LogP contribution is 2.32. The Hall–Kier alpha value is -2.08. The minimum absolute atomic E-state index is 0.00552. The number of imide groups is 1. The molecule has 0 bridgehead atoms. The predicted molar refractivity (Wildman–Crippen MR) is 74.5 cm³/mol. The molecule has 108 valence electrons. The fourth-order valence-electron chi connectivity index (χ4n) is 2.41. The number of nitrogens with two attached hydrogens (primary N) is 1. The smallest absolute Gasteiger partial charge is 0.322 e. The summed E-state index contributed by atoms with van der Waals surface area (Å²) in [6.07, 6.45) is 0. The van der Waals surface area contributed by atoms with Gasteiger partial charge in [0.1, 0.15) is 5.75 Å². The maximum Gasteiger partial charge on any atom is 0.322 e. The molecule has 20 heavy (non-hydrogen) atoms. The lowest BCUT2D eigenvalue weighted by Crippen LogP contribution is -2.50. The molecule has 0 saturated carbocycles. The largest absolute Gasteiger partial charge is 0.496 e. The van der Waals surface area contributed by atoms with Crippen LogP contribution in [0.15, 0.2) is 18.2 Å². The van der Waals surface area contributed by atoms with E-state index in [0.717, 1.165) is 11.3 Å². The fourth-order valence-corrected chi connectivity index (χ4v) is 2.41. The van der Waals surface area contributed by atoms with Gasteiger partial charge in [-0.3, -0.25) is 10.1 Å². The zero-order valence-electron chi connectivity index (χ0n) is 11.8. The lowest BCUT2D eigenvalue weighted by molar-refractivity contribution is -0.123. The van der Waals surface area contributed by atoms with Gasteiger partial charge in [-0.15, -0.1) is 0 Å². The van der Waals surface area contributed by atoms with E-state index in [-0.39, 0.29) is 12.5 Å². The number of ether oxygens (including phenoxy) is 1. The van der Waals surface area contributed by atoms with E-state index >= 15 is 0 Å². The summed E-state index contributed by atoms with van der Waals surface area (Å²) in [6.45, 7) is 4.06. The molecule has 1 aliphatic heterocycles. The Kier molecular flexibility index (Phi) is 3.67. The van der Waals surface area contributed by atoms with Gasteiger partial charge in [0.25, 0.3) is 5.91 Å². The van der Waals surface area contributed by atoms with Crippen molar-refractivity contribution >= 4 is 11.9 Å². The molecule has 0 aliphatic carbocycles. The van der Waals surface area contributed by atoms with Crippen LogP contribution >= 0.6 is 0 Å². The molecule has 4 N–H and O–H groups in total. The second-order valence-corrected chi connectivity index (χ2v) is 5.13. The minimum atomic E-state index is -1.20. The molecule has 2 rings (SSSR count). The lowest BCUT2D eigenvalue weighted by atomic mass is 9.87. The van der Waals surface area contributed by atoms with E-state index in [2.05, 4.69) is 10.6 Å². The summed E-state index contributed by atoms with van der Waals surface area (Å²) >= 11 is 0. The molecule has 0 spiro atoms. The SMILES string of the molecule is COc1ccc(C2(CN)NC(=O)NC2=O)cc1C(C)C. The van der Waals surface area contributed by atoms with Gasteiger partial charge in [0.15, 0.2) is 5.54 Å². The number of urea groups is 1. The first-order chi connectivity index (χ1) is 9.44. The van der Waals surface area contributed by atoms with E-state index in [1.165, 1.54) is 0 Å². The first-order valence-electron chi connectivity index (χ1n) is 6.46. The topological polar surface area (TPSA) is 93.4 Å². The number of carbonyl (C=O) groups is 2. The molecule has 1 unspecified atom stereocenters. The van der Waals surface area contributed by atoms with Gasteiger partial charge in [-0.25, -0.2) is 4.79 Å². The zero-order chi connectivity index (χ0) is 14.9. The van der Waals surface area contributed by atoms with Crippen LogP contribution in [0.4, 0.5) is 4.79 Å². The van der Waals surface area contributed by atoms with Crippen LogP contribution in [-0.4, -0.2) is 25.6 Å². The molecular formula is C14H19N3O3. The van der Waals surface area contributed by atoms with Crippen molar-refractivity contribution in [1.29, 1.82) is 0 Å². The molecule has 1 saturated heterocycles. The highest BCUT2D eigenvalue weighted by molar-refractivity contribution is 6.07. The minimum Gasteiger partial charge on any atom is -0.496 e. The molecule has 1 fully saturated rings. The van der Waals surface area contributed by atoms with E-state index in [1.807, 2.05) is 19.9 Å². The van der Waals surface area contributed by atoms with E-state index in [1.54, 1.807) is 19.2 Å². The molecule has 1 heterocycles. The number of nitrogens with one attached hydrogen (secondary N) is 2. The normalized spacial score (nSPS) is 21.9. The average molecular weight is 277 g/mol. The van der Waals surface area contributed by atoms with Crippen molar-refractivity contribution in [2.75, 3.05) is 13.7 Å². The average Bonchev–Trinajstić information content (AvgIpc) is 2.73. The maximum absolute atomic E-state index is 12.1. The Labute approximate surface area is 117 Å². The van der Waals surface area contributed by atoms with E-state index in [9.17, 15) is 9.59 Å². The van der Waals surface area contributed by atoms with Crippen molar-refractivity contribution in [1.82, 2.24) is 10.6 Å². The van der Waals surface area contributed by atoms with Crippen molar-refractivity contribution in [3.63, 3.8) is 0 Å². The highest BCUT2D eigenvalue weighted by atomic mass is 16.5. The summed E-state index contributed by atoms with van der Waals surface area (Å²) in [5.74, 6) is 0.547. The molecule has 6 nitrogen and oxygen atoms in total. The molecular weight excluding hydrogens is 258 g/mol. The Balaban J connectivity index is 2.54. The number of benzene rings is 1. The summed E-state index contributed by atoms with van der Waals surface area (Å²) < 4.78 is 5.32. The molecule has 6 heteroatoms. The maximum atomic E-state index is 12.1. The van der Waals surface area contributed by atoms with Gasteiger partial charge < -0.3 is 15.8 Å². The second kappa shape index (κ2) is 5.13. The van der Waals surface area contributed by atoms with E-state index in [4.69, 9.17) is 10.5 Å². The second-order valence-electron chi connectivity index (χ2n) is 5.13. The number of methoxy groups -OCH3 is 1. The van der Waals surface area contributed by atoms with Crippen molar-refractivity contribution in [2.45, 2.75) is 25.3 Å². The molecule has 1 aromatic rings. The number of rotatable bonds is 4. The molecule has 1 atom stereocenters. The van der Waals surface area contributed by atoms with Gasteiger partial charge in [0, 0.05) is 6.54 Å². The number of hydrogen-bond donors (Lipinski definition) is 3. The van der Waals surface area contributed by atoms with Crippen LogP contribution in [0.3, 0.4) is 0 Å². The van der Waals surface area contributed by atoms with Crippen LogP contribution in [0.1, 0.15) is 30.9 Å². The van der Waals surface area contributed by atoms with Crippen LogP contribution in [0.5, 0.6) is 5.75 Å². The summed E-state index contributed by atoms with van der Waals surface area (Å²) in [5.41, 5.74) is 6.17. The summed E-state index contributed by atoms with van der Waals surface area (Å²) in [6, 6.07) is 4.88. The summed E-state index contributed by atoms with van der Waals surface area (Å²) in [7, 11) is 1.60. The molecule has 0 radical (unpaired) electrons. The Bertz CT molecular complexity index is 557. The Morgan fingerprint density at radius 1 is 1.35 bits per heavy atom. The third-order valence-electron chi connectivity index (χ3n) is 3.59. The molecule has 1 aromatic carbocycles. The third kappa shape index (κ3) is 2.12. The van der Waals surface area contributed by atoms with E-state index in [0.29, 0.717) is 5.56 Å². The van der Waals surface area contributed by atoms with Crippen LogP contribution in [0.2, 0.25) is 0 Å². The van der Waals surface area contributed by atoms with Crippen LogP contribution < -0.4 is 21.1 Å². The van der Waals surface area contributed by atoms with Crippen molar-refractivity contribution < 1.29 is 14.3 Å². The number of hydrogen-bond acceptors (Lipinski definition) is 4. The Morgan fingerprint density at radius 2 is 2.05 bits per heavy atom. The van der Waals surface area contributed by atoms with Gasteiger partial charge in [0.2, 0.25) is 0 Å². The monoisotopic (exact) mass is 277 g/mol. The molecule has 3 amide bonds. The predicted octanol–water partition coefficient (Wildman–Crippen LogP) is 0.812. The Morgan fingerprint density at radius 3 is 2.50 bits per heavy atom. The van der Waals surface area contributed by atoms with Gasteiger partial charge in [-0.1, -0.05) is 19.9 Å². The lowest BCUT2D eigenvalue weighted by Gasteiger charge is -2.26. The highest BCUT2D eigenvalue weighted by Gasteiger charge is 2.46. The number of carbonyl (C=O) groups excluding carboxylic acids is 2. The standard InChI is InChI=1S/C14H19N3O3/c1-8(2)10-6-9(4-5-11(10)20-3)14(7-15)12(18)16-13(19)17-14/h4-6,8H,7,15H2,1-3H3,(H2,16,17,18,19). The van der Waals surface area contributed by atoms with Crippen LogP contribution in [0.25, 0.3) is 0 Å². The van der Waals surface area contributed by atoms with Gasteiger partial charge >= 0.3 is 6.03 Å². The van der Waals surface area contributed by atoms with Crippen molar-refractivity contribution in [3.8, 4) is 5.75 Å². The molecule has 0 aromatic heterocycles.